The first-order chi connectivity index (χ1) is 23.5. The monoisotopic (exact) mass is 699 g/mol. The largest absolute Gasteiger partial charge is 0.488 e. The lowest BCUT2D eigenvalue weighted by Crippen LogP contribution is -2.53. The van der Waals surface area contributed by atoms with Crippen LogP contribution in [0.2, 0.25) is 0 Å². The molecular weight excluding hydrogens is 649 g/mol. The second kappa shape index (κ2) is 16.2. The zero-order valence-electron chi connectivity index (χ0n) is 30.9. The lowest BCUT2D eigenvalue weighted by atomic mass is 9.72. The van der Waals surface area contributed by atoms with Crippen molar-refractivity contribution in [3.8, 4) is 5.75 Å². The molecule has 4 rings (SSSR count). The van der Waals surface area contributed by atoms with Crippen LogP contribution < -0.4 is 4.74 Å². The second-order valence-corrected chi connectivity index (χ2v) is 15.0. The van der Waals surface area contributed by atoms with Crippen molar-refractivity contribution in [1.29, 1.82) is 0 Å². The van der Waals surface area contributed by atoms with Crippen LogP contribution in [0.3, 0.4) is 0 Å². The Morgan fingerprint density at radius 1 is 0.900 bits per heavy atom. The number of rotatable bonds is 10. The summed E-state index contributed by atoms with van der Waals surface area (Å²) in [5.74, 6) is -0.290. The minimum atomic E-state index is -0.886. The van der Waals surface area contributed by atoms with Crippen molar-refractivity contribution in [1.82, 2.24) is 9.96 Å². The van der Waals surface area contributed by atoms with Crippen molar-refractivity contribution in [2.45, 2.75) is 105 Å². The molecule has 0 bridgehead atoms. The van der Waals surface area contributed by atoms with Crippen molar-refractivity contribution in [2.24, 2.45) is 5.92 Å². The molecule has 1 aliphatic heterocycles. The van der Waals surface area contributed by atoms with Crippen molar-refractivity contribution < 1.29 is 33.1 Å². The Morgan fingerprint density at radius 2 is 1.56 bits per heavy atom. The van der Waals surface area contributed by atoms with E-state index in [-0.39, 0.29) is 24.1 Å². The zero-order valence-corrected chi connectivity index (χ0v) is 31.9. The topological polar surface area (TPSA) is 94.6 Å². The number of para-hydroxylation sites is 1. The van der Waals surface area contributed by atoms with Gasteiger partial charge in [-0.05, 0) is 99.2 Å². The standard InChI is InChI=1S/C40H51N2O7Si/c1-26(2)40(8,9)32-22-21-30(27(3)28(32)4)36(43)42(49-50)33-24-41(38(45)48-39(5,6)7)23-15-20-35(33)47-37(44)31-18-13-14-19-34(31)46-25-29-16-11-10-12-17-29/h10-14,16-19,21-22,26,33,35H,15,20,23-25H2,1-9H3/t33-,35-/m1/s1. The number of benzene rings is 3. The predicted octanol–water partition coefficient (Wildman–Crippen LogP) is 7.90. The van der Waals surface area contributed by atoms with Gasteiger partial charge in [-0.1, -0.05) is 76.2 Å². The molecule has 1 aliphatic rings. The number of hydroxylamine groups is 2. The van der Waals surface area contributed by atoms with E-state index in [1.54, 1.807) is 49.9 Å². The quantitative estimate of drug-likeness (QED) is 0.121. The van der Waals surface area contributed by atoms with E-state index >= 15 is 0 Å². The van der Waals surface area contributed by atoms with Gasteiger partial charge < -0.3 is 23.6 Å². The van der Waals surface area contributed by atoms with Crippen LogP contribution >= 0.6 is 0 Å². The van der Waals surface area contributed by atoms with E-state index in [1.165, 1.54) is 5.06 Å². The SMILES string of the molecule is Cc1c(C(=O)N(O[Si])[C@@H]2CN(C(=O)OC(C)(C)C)CCC[C@H]2OC(=O)c2ccccc2OCc2ccccc2)ccc(C(C)(C)C(C)C)c1C. The number of likely N-dealkylation sites (tertiary alicyclic amines) is 1. The molecular formula is C40H51N2O7Si. The van der Waals surface area contributed by atoms with Crippen molar-refractivity contribution in [3.05, 3.63) is 100 Å². The summed E-state index contributed by atoms with van der Waals surface area (Å²) in [4.78, 5) is 43.2. The maximum absolute atomic E-state index is 14.4. The van der Waals surface area contributed by atoms with Gasteiger partial charge in [0.05, 0.1) is 6.54 Å². The lowest BCUT2D eigenvalue weighted by Gasteiger charge is -2.37. The molecule has 50 heavy (non-hydrogen) atoms. The van der Waals surface area contributed by atoms with Crippen LogP contribution in [0.5, 0.6) is 5.75 Å². The highest BCUT2D eigenvalue weighted by molar-refractivity contribution is 6.01. The number of amides is 2. The van der Waals surface area contributed by atoms with E-state index in [0.717, 1.165) is 22.3 Å². The van der Waals surface area contributed by atoms with Gasteiger partial charge in [0.1, 0.15) is 35.7 Å². The van der Waals surface area contributed by atoms with E-state index in [2.05, 4.69) is 38.2 Å². The first kappa shape index (κ1) is 38.6. The van der Waals surface area contributed by atoms with Crippen LogP contribution in [0.25, 0.3) is 0 Å². The van der Waals surface area contributed by atoms with Crippen LogP contribution in [-0.2, 0) is 26.0 Å². The Labute approximate surface area is 300 Å². The summed E-state index contributed by atoms with van der Waals surface area (Å²) in [7, 11) is 3.15. The van der Waals surface area contributed by atoms with Crippen LogP contribution in [0.15, 0.2) is 66.7 Å². The minimum absolute atomic E-state index is 0.00568. The molecule has 3 aromatic carbocycles. The van der Waals surface area contributed by atoms with E-state index in [9.17, 15) is 14.4 Å². The smallest absolute Gasteiger partial charge is 0.410 e. The molecule has 10 heteroatoms. The summed E-state index contributed by atoms with van der Waals surface area (Å²) < 4.78 is 23.6. The van der Waals surface area contributed by atoms with Gasteiger partial charge in [0.2, 0.25) is 0 Å². The number of esters is 1. The molecule has 0 N–H and O–H groups in total. The summed E-state index contributed by atoms with van der Waals surface area (Å²) >= 11 is 0. The Kier molecular flexibility index (Phi) is 12.6. The van der Waals surface area contributed by atoms with Crippen LogP contribution in [-0.4, -0.2) is 69.3 Å². The molecule has 0 spiro atoms. The molecule has 2 atom stereocenters. The number of ether oxygens (including phenoxy) is 3. The molecule has 1 saturated heterocycles. The third kappa shape index (κ3) is 9.14. The number of hydrogen-bond acceptors (Lipinski definition) is 7. The van der Waals surface area contributed by atoms with Crippen LogP contribution in [0, 0.1) is 19.8 Å². The Hall–Kier alpha value is -4.15. The van der Waals surface area contributed by atoms with E-state index < -0.39 is 35.7 Å². The molecule has 0 aliphatic carbocycles. The molecule has 267 valence electrons. The van der Waals surface area contributed by atoms with Gasteiger partial charge in [-0.15, -0.1) is 0 Å². The number of hydrogen-bond donors (Lipinski definition) is 0. The van der Waals surface area contributed by atoms with Crippen molar-refractivity contribution in [3.63, 3.8) is 0 Å². The van der Waals surface area contributed by atoms with E-state index in [0.29, 0.717) is 36.6 Å². The molecule has 3 radical (unpaired) electrons. The molecule has 0 unspecified atom stereocenters. The average Bonchev–Trinajstić information content (AvgIpc) is 3.27. The summed E-state index contributed by atoms with van der Waals surface area (Å²) in [5.41, 5.74) is 3.83. The molecule has 0 saturated carbocycles. The molecule has 2 amide bonds. The predicted molar refractivity (Wildman–Crippen MR) is 194 cm³/mol. The van der Waals surface area contributed by atoms with E-state index in [1.807, 2.05) is 56.3 Å². The van der Waals surface area contributed by atoms with Gasteiger partial charge in [-0.25, -0.2) is 14.7 Å². The maximum Gasteiger partial charge on any atom is 0.410 e. The first-order valence-electron chi connectivity index (χ1n) is 17.3. The first-order valence-corrected chi connectivity index (χ1v) is 17.7. The molecule has 9 nitrogen and oxygen atoms in total. The fourth-order valence-electron chi connectivity index (χ4n) is 6.10. The highest BCUT2D eigenvalue weighted by Crippen LogP contribution is 2.36. The molecule has 1 fully saturated rings. The normalized spacial score (nSPS) is 16.8. The highest BCUT2D eigenvalue weighted by Gasteiger charge is 2.41. The minimum Gasteiger partial charge on any atom is -0.488 e. The third-order valence-electron chi connectivity index (χ3n) is 9.76. The van der Waals surface area contributed by atoms with Gasteiger partial charge in [-0.2, -0.15) is 0 Å². The highest BCUT2D eigenvalue weighted by atomic mass is 28.2. The van der Waals surface area contributed by atoms with E-state index in [4.69, 9.17) is 18.7 Å². The third-order valence-corrected chi connectivity index (χ3v) is 9.96. The van der Waals surface area contributed by atoms with Crippen LogP contribution in [0.1, 0.15) is 104 Å². The summed E-state index contributed by atoms with van der Waals surface area (Å²) in [6, 6.07) is 19.5. The van der Waals surface area contributed by atoms with Crippen molar-refractivity contribution in [2.75, 3.05) is 13.1 Å². The number of carbonyl (C=O) groups is 3. The number of carbonyl (C=O) groups excluding carboxylic acids is 3. The van der Waals surface area contributed by atoms with Crippen LogP contribution in [0.4, 0.5) is 4.79 Å². The van der Waals surface area contributed by atoms with Crippen molar-refractivity contribution >= 4 is 28.5 Å². The number of nitrogens with zero attached hydrogens (tertiary/aromatic N) is 2. The average molecular weight is 700 g/mol. The summed E-state index contributed by atoms with van der Waals surface area (Å²) in [6.45, 7) is 18.8. The molecule has 3 aromatic rings. The Balaban J connectivity index is 1.68. The Bertz CT molecular complexity index is 1650. The van der Waals surface area contributed by atoms with Gasteiger partial charge in [-0.3, -0.25) is 4.79 Å². The fraction of sp³-hybridized carbons (Fsp3) is 0.475. The lowest BCUT2D eigenvalue weighted by molar-refractivity contribution is -0.0992. The van der Waals surface area contributed by atoms with Gasteiger partial charge in [0, 0.05) is 12.1 Å². The maximum atomic E-state index is 14.4. The molecule has 0 aromatic heterocycles. The summed E-state index contributed by atoms with van der Waals surface area (Å²) in [6.07, 6.45) is -0.497. The molecule has 1 heterocycles. The zero-order chi connectivity index (χ0) is 36.8. The van der Waals surface area contributed by atoms with Gasteiger partial charge in [0.15, 0.2) is 0 Å². The van der Waals surface area contributed by atoms with Gasteiger partial charge >= 0.3 is 12.1 Å². The van der Waals surface area contributed by atoms with Gasteiger partial charge in [0.25, 0.3) is 16.4 Å². The fourth-order valence-corrected chi connectivity index (χ4v) is 6.32. The Morgan fingerprint density at radius 3 is 2.20 bits per heavy atom. The second-order valence-electron chi connectivity index (χ2n) is 14.9. The summed E-state index contributed by atoms with van der Waals surface area (Å²) in [5, 5.41) is 1.17.